The van der Waals surface area contributed by atoms with Gasteiger partial charge in [0.05, 0.1) is 9.88 Å². The van der Waals surface area contributed by atoms with Crippen LogP contribution in [0.4, 0.5) is 0 Å². The van der Waals surface area contributed by atoms with Gasteiger partial charge in [0.15, 0.2) is 0 Å². The van der Waals surface area contributed by atoms with Gasteiger partial charge in [-0.3, -0.25) is 4.90 Å². The highest BCUT2D eigenvalue weighted by molar-refractivity contribution is 7.89. The van der Waals surface area contributed by atoms with Crippen molar-refractivity contribution in [1.29, 1.82) is 0 Å². The predicted octanol–water partition coefficient (Wildman–Crippen LogP) is 1.37. The zero-order valence-corrected chi connectivity index (χ0v) is 13.8. The summed E-state index contributed by atoms with van der Waals surface area (Å²) in [6, 6.07) is 6.19. The highest BCUT2D eigenvalue weighted by Gasteiger charge is 2.24. The van der Waals surface area contributed by atoms with Gasteiger partial charge in [0.2, 0.25) is 10.0 Å². The number of sulfonamides is 1. The number of hydrogen-bond acceptors (Lipinski definition) is 4. The molecule has 0 amide bonds. The highest BCUT2D eigenvalue weighted by Crippen LogP contribution is 2.18. The Morgan fingerprint density at radius 2 is 2.10 bits per heavy atom. The van der Waals surface area contributed by atoms with Crippen LogP contribution in [0.1, 0.15) is 12.8 Å². The van der Waals surface area contributed by atoms with Crippen LogP contribution in [-0.2, 0) is 10.0 Å². The molecule has 21 heavy (non-hydrogen) atoms. The molecule has 1 saturated heterocycles. The molecule has 8 heteroatoms. The van der Waals surface area contributed by atoms with Crippen molar-refractivity contribution < 1.29 is 8.42 Å². The van der Waals surface area contributed by atoms with Crippen molar-refractivity contribution in [2.24, 2.45) is 5.73 Å². The van der Waals surface area contributed by atoms with Gasteiger partial charge in [0.1, 0.15) is 0 Å². The zero-order chi connectivity index (χ0) is 15.5. The Morgan fingerprint density at radius 1 is 1.43 bits per heavy atom. The minimum Gasteiger partial charge on any atom is -0.392 e. The van der Waals surface area contributed by atoms with E-state index in [0.29, 0.717) is 16.6 Å². The number of thiocarbonyl (C=S) groups is 1. The molecule has 3 N–H and O–H groups in total. The molecule has 116 valence electrons. The predicted molar refractivity (Wildman–Crippen MR) is 88.0 cm³/mol. The number of likely N-dealkylation sites (tertiary alicyclic amines) is 1. The number of benzene rings is 1. The van der Waals surface area contributed by atoms with E-state index in [2.05, 4.69) is 9.62 Å². The van der Waals surface area contributed by atoms with Crippen LogP contribution in [0.3, 0.4) is 0 Å². The van der Waals surface area contributed by atoms with E-state index in [0.717, 1.165) is 25.9 Å². The molecule has 0 saturated carbocycles. The number of hydrogen-bond donors (Lipinski definition) is 2. The number of piperidine rings is 1. The molecule has 1 heterocycles. The number of nitrogens with two attached hydrogens (primary N) is 1. The Labute approximate surface area is 135 Å². The van der Waals surface area contributed by atoms with E-state index in [4.69, 9.17) is 29.6 Å². The lowest BCUT2D eigenvalue weighted by molar-refractivity contribution is 0.233. The maximum Gasteiger partial charge on any atom is 0.240 e. The molecule has 1 aliphatic heterocycles. The van der Waals surface area contributed by atoms with E-state index in [-0.39, 0.29) is 10.9 Å². The first-order valence-corrected chi connectivity index (χ1v) is 8.92. The number of halogens is 1. The van der Waals surface area contributed by atoms with Gasteiger partial charge in [-0.25, -0.2) is 13.1 Å². The molecule has 2 rings (SSSR count). The van der Waals surface area contributed by atoms with E-state index < -0.39 is 10.0 Å². The number of nitrogens with zero attached hydrogens (tertiary/aromatic N) is 1. The Hall–Kier alpha value is -0.730. The summed E-state index contributed by atoms with van der Waals surface area (Å²) in [5, 5.41) is 0.407. The zero-order valence-electron chi connectivity index (χ0n) is 11.5. The average Bonchev–Trinajstić information content (AvgIpc) is 2.40. The standard InChI is InChI=1S/C13H18ClN3O2S2/c14-10-2-1-3-12(8-10)21(18,19)16-11-4-6-17(7-5-11)9-13(15)20/h1-3,8,11,16H,4-7,9H2,(H2,15,20). The summed E-state index contributed by atoms with van der Waals surface area (Å²) < 4.78 is 27.3. The van der Waals surface area contributed by atoms with Crippen molar-refractivity contribution in [3.8, 4) is 0 Å². The summed E-state index contributed by atoms with van der Waals surface area (Å²) in [5.41, 5.74) is 5.52. The number of nitrogens with one attached hydrogen (secondary N) is 1. The van der Waals surface area contributed by atoms with Gasteiger partial charge >= 0.3 is 0 Å². The Kier molecular flexibility index (Phi) is 5.56. The van der Waals surface area contributed by atoms with Crippen LogP contribution in [0.5, 0.6) is 0 Å². The fourth-order valence-corrected chi connectivity index (χ4v) is 4.14. The van der Waals surface area contributed by atoms with Crippen molar-refractivity contribution in [3.63, 3.8) is 0 Å². The van der Waals surface area contributed by atoms with Crippen molar-refractivity contribution >= 4 is 38.8 Å². The molecule has 0 aliphatic carbocycles. The fourth-order valence-electron chi connectivity index (χ4n) is 2.35. The Balaban J connectivity index is 1.95. The molecule has 5 nitrogen and oxygen atoms in total. The lowest BCUT2D eigenvalue weighted by Crippen LogP contribution is -2.46. The van der Waals surface area contributed by atoms with Gasteiger partial charge in [0.25, 0.3) is 0 Å². The first kappa shape index (κ1) is 16.6. The van der Waals surface area contributed by atoms with Crippen LogP contribution < -0.4 is 10.5 Å². The summed E-state index contributed by atoms with van der Waals surface area (Å²) in [7, 11) is -3.53. The maximum atomic E-state index is 12.3. The normalized spacial score (nSPS) is 17.8. The summed E-state index contributed by atoms with van der Waals surface area (Å²) in [6.45, 7) is 2.14. The van der Waals surface area contributed by atoms with Crippen LogP contribution >= 0.6 is 23.8 Å². The van der Waals surface area contributed by atoms with E-state index >= 15 is 0 Å². The summed E-state index contributed by atoms with van der Waals surface area (Å²) >= 11 is 10.7. The van der Waals surface area contributed by atoms with Crippen molar-refractivity contribution in [2.45, 2.75) is 23.8 Å². The van der Waals surface area contributed by atoms with Crippen molar-refractivity contribution in [3.05, 3.63) is 29.3 Å². The van der Waals surface area contributed by atoms with Gasteiger partial charge in [-0.2, -0.15) is 0 Å². The van der Waals surface area contributed by atoms with E-state index in [1.807, 2.05) is 0 Å². The molecule has 0 aromatic heterocycles. The third-order valence-corrected chi connectivity index (χ3v) is 5.28. The largest absolute Gasteiger partial charge is 0.392 e. The van der Waals surface area contributed by atoms with E-state index in [1.54, 1.807) is 12.1 Å². The minimum absolute atomic E-state index is 0.0726. The molecule has 1 fully saturated rings. The molecule has 0 radical (unpaired) electrons. The van der Waals surface area contributed by atoms with E-state index in [9.17, 15) is 8.42 Å². The lowest BCUT2D eigenvalue weighted by atomic mass is 10.1. The first-order valence-electron chi connectivity index (χ1n) is 6.65. The monoisotopic (exact) mass is 347 g/mol. The quantitative estimate of drug-likeness (QED) is 0.787. The van der Waals surface area contributed by atoms with Gasteiger partial charge in [0, 0.05) is 30.7 Å². The van der Waals surface area contributed by atoms with E-state index in [1.165, 1.54) is 12.1 Å². The SMILES string of the molecule is NC(=S)CN1CCC(NS(=O)(=O)c2cccc(Cl)c2)CC1. The molecule has 1 aromatic carbocycles. The summed E-state index contributed by atoms with van der Waals surface area (Å²) in [5.74, 6) is 0. The molecular weight excluding hydrogens is 330 g/mol. The molecule has 0 bridgehead atoms. The minimum atomic E-state index is -3.53. The lowest BCUT2D eigenvalue weighted by Gasteiger charge is -2.31. The fraction of sp³-hybridized carbons (Fsp3) is 0.462. The molecule has 0 spiro atoms. The van der Waals surface area contributed by atoms with Crippen molar-refractivity contribution in [1.82, 2.24) is 9.62 Å². The van der Waals surface area contributed by atoms with Crippen LogP contribution in [0.15, 0.2) is 29.2 Å². The van der Waals surface area contributed by atoms with Crippen LogP contribution in [0.2, 0.25) is 5.02 Å². The van der Waals surface area contributed by atoms with Crippen molar-refractivity contribution in [2.75, 3.05) is 19.6 Å². The van der Waals surface area contributed by atoms with Gasteiger partial charge in [-0.1, -0.05) is 29.9 Å². The first-order chi connectivity index (χ1) is 9.87. The average molecular weight is 348 g/mol. The Bertz CT molecular complexity index is 614. The van der Waals surface area contributed by atoms with Gasteiger partial charge in [-0.15, -0.1) is 0 Å². The maximum absolute atomic E-state index is 12.3. The van der Waals surface area contributed by atoms with Crippen LogP contribution in [-0.4, -0.2) is 44.0 Å². The third kappa shape index (κ3) is 4.89. The van der Waals surface area contributed by atoms with Crippen LogP contribution in [0, 0.1) is 0 Å². The second-order valence-electron chi connectivity index (χ2n) is 5.10. The summed E-state index contributed by atoms with van der Waals surface area (Å²) in [4.78, 5) is 2.79. The molecule has 0 atom stereocenters. The van der Waals surface area contributed by atoms with Crippen LogP contribution in [0.25, 0.3) is 0 Å². The third-order valence-electron chi connectivity index (χ3n) is 3.40. The smallest absolute Gasteiger partial charge is 0.240 e. The molecule has 1 aliphatic rings. The van der Waals surface area contributed by atoms with Gasteiger partial charge in [-0.05, 0) is 31.0 Å². The topological polar surface area (TPSA) is 75.4 Å². The number of rotatable bonds is 5. The second-order valence-corrected chi connectivity index (χ2v) is 7.77. The van der Waals surface area contributed by atoms with Gasteiger partial charge < -0.3 is 5.73 Å². The molecule has 0 unspecified atom stereocenters. The molecular formula is C13H18ClN3O2S2. The second kappa shape index (κ2) is 7.02. The molecule has 1 aromatic rings. The highest BCUT2D eigenvalue weighted by atomic mass is 35.5. The Morgan fingerprint density at radius 3 is 2.67 bits per heavy atom. The summed E-state index contributed by atoms with van der Waals surface area (Å²) in [6.07, 6.45) is 1.48.